The second-order valence-electron chi connectivity index (χ2n) is 7.04. The van der Waals surface area contributed by atoms with Crippen molar-refractivity contribution in [1.82, 2.24) is 4.57 Å². The summed E-state index contributed by atoms with van der Waals surface area (Å²) < 4.78 is 40.3. The van der Waals surface area contributed by atoms with Gasteiger partial charge in [0.25, 0.3) is 0 Å². The van der Waals surface area contributed by atoms with Crippen LogP contribution in [0.4, 0.5) is 24.5 Å². The number of carbonyl (C=O) groups excluding carboxylic acids is 1. The predicted molar refractivity (Wildman–Crippen MR) is 122 cm³/mol. The number of anilines is 1. The minimum Gasteiger partial charge on any atom is -0.493 e. The molecule has 32 heavy (non-hydrogen) atoms. The SMILES string of the molecule is CC(C(=O)Nc1cccc(C(F)(F)F)c1)n1c(O)c(/C=C2\C=Nc3ccccc32)sc1=S. The Hall–Kier alpha value is -3.24. The Morgan fingerprint density at radius 2 is 2.00 bits per heavy atom. The highest BCUT2D eigenvalue weighted by Gasteiger charge is 2.31. The van der Waals surface area contributed by atoms with Crippen molar-refractivity contribution < 1.29 is 23.1 Å². The van der Waals surface area contributed by atoms with E-state index in [1.54, 1.807) is 12.3 Å². The van der Waals surface area contributed by atoms with Crippen LogP contribution in [0, 0.1) is 3.95 Å². The quantitative estimate of drug-likeness (QED) is 0.426. The summed E-state index contributed by atoms with van der Waals surface area (Å²) >= 11 is 6.46. The van der Waals surface area contributed by atoms with Gasteiger partial charge in [0, 0.05) is 23.0 Å². The Morgan fingerprint density at radius 3 is 2.75 bits per heavy atom. The van der Waals surface area contributed by atoms with Crippen LogP contribution in [-0.4, -0.2) is 21.8 Å². The zero-order chi connectivity index (χ0) is 23.0. The molecule has 2 heterocycles. The van der Waals surface area contributed by atoms with Crippen molar-refractivity contribution in [3.63, 3.8) is 0 Å². The molecule has 2 aromatic carbocycles. The van der Waals surface area contributed by atoms with Crippen LogP contribution in [-0.2, 0) is 11.0 Å². The van der Waals surface area contributed by atoms with Gasteiger partial charge in [0.1, 0.15) is 6.04 Å². The Bertz CT molecular complexity index is 1320. The number of allylic oxidation sites excluding steroid dienone is 1. The molecule has 0 aliphatic carbocycles. The molecule has 1 unspecified atom stereocenters. The number of fused-ring (bicyclic) bond motifs is 1. The lowest BCUT2D eigenvalue weighted by atomic mass is 10.1. The molecule has 5 nitrogen and oxygen atoms in total. The normalized spacial score (nSPS) is 15.1. The van der Waals surface area contributed by atoms with Crippen LogP contribution >= 0.6 is 23.6 Å². The van der Waals surface area contributed by atoms with Crippen LogP contribution in [0.25, 0.3) is 11.6 Å². The maximum Gasteiger partial charge on any atom is 0.416 e. The molecule has 0 bridgehead atoms. The van der Waals surface area contributed by atoms with Crippen molar-refractivity contribution in [2.24, 2.45) is 4.99 Å². The van der Waals surface area contributed by atoms with E-state index < -0.39 is 23.7 Å². The number of amides is 1. The number of aromatic nitrogens is 1. The van der Waals surface area contributed by atoms with Gasteiger partial charge in [0.2, 0.25) is 11.8 Å². The second kappa shape index (κ2) is 8.36. The molecular formula is C22H16F3N3O2S2. The summed E-state index contributed by atoms with van der Waals surface area (Å²) in [6, 6.07) is 10.9. The molecule has 1 aliphatic rings. The number of hydrogen-bond donors (Lipinski definition) is 2. The number of carbonyl (C=O) groups is 1. The van der Waals surface area contributed by atoms with Gasteiger partial charge in [-0.1, -0.05) is 24.3 Å². The van der Waals surface area contributed by atoms with Gasteiger partial charge in [0.15, 0.2) is 3.95 Å². The first-order chi connectivity index (χ1) is 15.1. The van der Waals surface area contributed by atoms with Crippen LogP contribution in [0.2, 0.25) is 0 Å². The van der Waals surface area contributed by atoms with Gasteiger partial charge in [-0.3, -0.25) is 14.4 Å². The molecule has 2 N–H and O–H groups in total. The van der Waals surface area contributed by atoms with E-state index in [0.29, 0.717) is 4.88 Å². The first-order valence-corrected chi connectivity index (χ1v) is 10.6. The Labute approximate surface area is 190 Å². The molecule has 0 radical (unpaired) electrons. The number of aliphatic imine (C=N–C) groups is 1. The third-order valence-corrected chi connectivity index (χ3v) is 6.25. The molecule has 10 heteroatoms. The number of hydrogen-bond acceptors (Lipinski definition) is 5. The molecule has 1 aromatic heterocycles. The van der Waals surface area contributed by atoms with Crippen molar-refractivity contribution in [1.29, 1.82) is 0 Å². The summed E-state index contributed by atoms with van der Waals surface area (Å²) in [5.41, 5.74) is 1.65. The fourth-order valence-electron chi connectivity index (χ4n) is 3.26. The van der Waals surface area contributed by atoms with E-state index in [9.17, 15) is 23.1 Å². The monoisotopic (exact) mass is 475 g/mol. The topological polar surface area (TPSA) is 66.6 Å². The van der Waals surface area contributed by atoms with Crippen LogP contribution in [0.5, 0.6) is 5.88 Å². The zero-order valence-electron chi connectivity index (χ0n) is 16.6. The molecule has 164 valence electrons. The number of benzene rings is 2. The van der Waals surface area contributed by atoms with Gasteiger partial charge in [-0.05, 0) is 49.5 Å². The van der Waals surface area contributed by atoms with Gasteiger partial charge in [-0.25, -0.2) is 0 Å². The molecule has 3 aromatic rings. The summed E-state index contributed by atoms with van der Waals surface area (Å²) in [6.07, 6.45) is -1.11. The van der Waals surface area contributed by atoms with Crippen molar-refractivity contribution >= 4 is 58.7 Å². The average molecular weight is 476 g/mol. The number of halogens is 3. The van der Waals surface area contributed by atoms with Crippen molar-refractivity contribution in [3.8, 4) is 5.88 Å². The molecule has 1 amide bonds. The van der Waals surface area contributed by atoms with Crippen LogP contribution in [0.1, 0.15) is 29.0 Å². The standard InChI is InChI=1S/C22H16F3N3O2S2/c1-12(19(29)27-15-6-4-5-14(10-15)22(23,24)25)28-20(30)18(32-21(28)31)9-13-11-26-17-8-3-2-7-16(13)17/h2-12,30H,1H3,(H,27,29)/b13-9+. The molecule has 0 saturated carbocycles. The van der Waals surface area contributed by atoms with E-state index in [1.165, 1.54) is 23.6 Å². The van der Waals surface area contributed by atoms with Gasteiger partial charge < -0.3 is 10.4 Å². The number of thiazole rings is 1. The van der Waals surface area contributed by atoms with Crippen molar-refractivity contribution in [2.75, 3.05) is 5.32 Å². The summed E-state index contributed by atoms with van der Waals surface area (Å²) in [6.45, 7) is 1.51. The van der Waals surface area contributed by atoms with Crippen LogP contribution < -0.4 is 5.32 Å². The minimum absolute atomic E-state index is 0.000900. The number of alkyl halides is 3. The molecule has 1 atom stereocenters. The molecular weight excluding hydrogens is 459 g/mol. The largest absolute Gasteiger partial charge is 0.493 e. The highest BCUT2D eigenvalue weighted by Crippen LogP contribution is 2.37. The summed E-state index contributed by atoms with van der Waals surface area (Å²) in [7, 11) is 0. The summed E-state index contributed by atoms with van der Waals surface area (Å²) in [4.78, 5) is 17.5. The average Bonchev–Trinajstić information content (AvgIpc) is 3.28. The van der Waals surface area contributed by atoms with Crippen LogP contribution in [0.3, 0.4) is 0 Å². The fraction of sp³-hybridized carbons (Fsp3) is 0.136. The third kappa shape index (κ3) is 4.23. The lowest BCUT2D eigenvalue weighted by Gasteiger charge is -2.15. The maximum absolute atomic E-state index is 12.9. The molecule has 0 saturated heterocycles. The highest BCUT2D eigenvalue weighted by molar-refractivity contribution is 7.73. The van der Waals surface area contributed by atoms with Crippen molar-refractivity contribution in [2.45, 2.75) is 19.1 Å². The Kier molecular flexibility index (Phi) is 5.74. The van der Waals surface area contributed by atoms with E-state index in [2.05, 4.69) is 10.3 Å². The van der Waals surface area contributed by atoms with E-state index in [0.717, 1.165) is 40.3 Å². The predicted octanol–water partition coefficient (Wildman–Crippen LogP) is 6.46. The maximum atomic E-state index is 12.9. The molecule has 0 spiro atoms. The van der Waals surface area contributed by atoms with E-state index in [4.69, 9.17) is 12.2 Å². The fourth-order valence-corrected chi connectivity index (χ4v) is 4.68. The number of nitrogens with one attached hydrogen (secondary N) is 1. The lowest BCUT2D eigenvalue weighted by molar-refractivity contribution is -0.137. The lowest BCUT2D eigenvalue weighted by Crippen LogP contribution is -2.23. The first kappa shape index (κ1) is 22.0. The third-order valence-electron chi connectivity index (χ3n) is 4.91. The highest BCUT2D eigenvalue weighted by atomic mass is 32.1. The van der Waals surface area contributed by atoms with E-state index in [1.807, 2.05) is 24.3 Å². The number of nitrogens with zero attached hydrogens (tertiary/aromatic N) is 2. The van der Waals surface area contributed by atoms with Crippen LogP contribution in [0.15, 0.2) is 53.5 Å². The Morgan fingerprint density at radius 1 is 1.25 bits per heavy atom. The van der Waals surface area contributed by atoms with Gasteiger partial charge in [0.05, 0.1) is 16.1 Å². The van der Waals surface area contributed by atoms with E-state index in [-0.39, 0.29) is 15.5 Å². The van der Waals surface area contributed by atoms with Crippen molar-refractivity contribution in [3.05, 3.63) is 68.5 Å². The number of para-hydroxylation sites is 1. The van der Waals surface area contributed by atoms with Gasteiger partial charge >= 0.3 is 6.18 Å². The number of aromatic hydroxyl groups is 1. The van der Waals surface area contributed by atoms with Gasteiger partial charge in [-0.2, -0.15) is 13.2 Å². The smallest absolute Gasteiger partial charge is 0.416 e. The molecule has 1 aliphatic heterocycles. The number of rotatable bonds is 4. The molecule has 0 fully saturated rings. The zero-order valence-corrected chi connectivity index (χ0v) is 18.2. The second-order valence-corrected chi connectivity index (χ2v) is 8.72. The van der Waals surface area contributed by atoms with Gasteiger partial charge in [-0.15, -0.1) is 11.3 Å². The van der Waals surface area contributed by atoms with E-state index >= 15 is 0 Å². The summed E-state index contributed by atoms with van der Waals surface area (Å²) in [5, 5.41) is 13.2. The Balaban J connectivity index is 1.59. The molecule has 4 rings (SSSR count). The first-order valence-electron chi connectivity index (χ1n) is 9.43. The summed E-state index contributed by atoms with van der Waals surface area (Å²) in [5.74, 6) is -0.808. The minimum atomic E-state index is -4.52.